The van der Waals surface area contributed by atoms with Crippen molar-refractivity contribution in [3.8, 4) is 5.75 Å². The lowest BCUT2D eigenvalue weighted by molar-refractivity contribution is -0.146. The van der Waals surface area contributed by atoms with Crippen LogP contribution in [0.25, 0.3) is 0 Å². The molecule has 0 fully saturated rings. The minimum Gasteiger partial charge on any atom is -0.482 e. The van der Waals surface area contributed by atoms with Crippen molar-refractivity contribution in [2.45, 2.75) is 26.2 Å². The zero-order chi connectivity index (χ0) is 18.8. The fourth-order valence-corrected chi connectivity index (χ4v) is 2.36. The molecule has 0 aliphatic carbocycles. The lowest BCUT2D eigenvalue weighted by atomic mass is 10.2. The van der Waals surface area contributed by atoms with Crippen LogP contribution in [-0.2, 0) is 9.53 Å². The van der Waals surface area contributed by atoms with Gasteiger partial charge in [-0.25, -0.2) is 4.79 Å². The first kappa shape index (κ1) is 19.8. The molecule has 26 heavy (non-hydrogen) atoms. The Morgan fingerprint density at radius 3 is 2.46 bits per heavy atom. The predicted octanol–water partition coefficient (Wildman–Crippen LogP) is 4.70. The molecule has 0 unspecified atom stereocenters. The number of nitrogens with one attached hydrogen (secondary N) is 1. The van der Waals surface area contributed by atoms with Gasteiger partial charge in [-0.05, 0) is 42.8 Å². The monoisotopic (exact) mass is 375 g/mol. The molecule has 0 aromatic heterocycles. The molecule has 5 nitrogen and oxygen atoms in total. The Balaban J connectivity index is 1.81. The van der Waals surface area contributed by atoms with Crippen LogP contribution in [0.5, 0.6) is 5.75 Å². The van der Waals surface area contributed by atoms with Crippen LogP contribution in [0, 0.1) is 0 Å². The summed E-state index contributed by atoms with van der Waals surface area (Å²) in [5, 5.41) is 3.21. The van der Waals surface area contributed by atoms with E-state index < -0.39 is 5.97 Å². The van der Waals surface area contributed by atoms with Gasteiger partial charge in [0.25, 0.3) is 5.91 Å². The molecule has 0 bridgehead atoms. The van der Waals surface area contributed by atoms with Gasteiger partial charge in [-0.1, -0.05) is 43.5 Å². The van der Waals surface area contributed by atoms with Gasteiger partial charge in [-0.2, -0.15) is 0 Å². The number of ether oxygens (including phenoxy) is 2. The largest absolute Gasteiger partial charge is 0.482 e. The third kappa shape index (κ3) is 6.41. The standard InChI is InChI=1S/C20H22ClNO4/c1-2-3-6-13-25-19(23)14-26-16-11-9-15(10-12-16)20(24)22-18-8-5-4-7-17(18)21/h4-5,7-12H,2-3,6,13-14H2,1H3,(H,22,24). The predicted molar refractivity (Wildman–Crippen MR) is 102 cm³/mol. The first-order chi connectivity index (χ1) is 12.6. The summed E-state index contributed by atoms with van der Waals surface area (Å²) in [6, 6.07) is 13.5. The molecule has 0 spiro atoms. The number of rotatable bonds is 9. The molecule has 0 saturated heterocycles. The summed E-state index contributed by atoms with van der Waals surface area (Å²) in [6.07, 6.45) is 2.97. The summed E-state index contributed by atoms with van der Waals surface area (Å²) in [5.41, 5.74) is 1.00. The molecule has 6 heteroatoms. The number of carbonyl (C=O) groups is 2. The van der Waals surface area contributed by atoms with Crippen LogP contribution in [0.2, 0.25) is 5.02 Å². The Kier molecular flexibility index (Phi) is 7.96. The minimum atomic E-state index is -0.401. The second kappa shape index (κ2) is 10.5. The maximum atomic E-state index is 12.2. The number of benzene rings is 2. The third-order valence-electron chi connectivity index (χ3n) is 3.61. The Bertz CT molecular complexity index is 731. The van der Waals surface area contributed by atoms with Gasteiger partial charge >= 0.3 is 5.97 Å². The Hall–Kier alpha value is -2.53. The van der Waals surface area contributed by atoms with Crippen molar-refractivity contribution in [2.24, 2.45) is 0 Å². The van der Waals surface area contributed by atoms with Crippen LogP contribution in [0.3, 0.4) is 0 Å². The SMILES string of the molecule is CCCCCOC(=O)COc1ccc(C(=O)Nc2ccccc2Cl)cc1. The van der Waals surface area contributed by atoms with E-state index in [9.17, 15) is 9.59 Å². The summed E-state index contributed by atoms with van der Waals surface area (Å²) in [4.78, 5) is 23.8. The van der Waals surface area contributed by atoms with E-state index in [2.05, 4.69) is 12.2 Å². The van der Waals surface area contributed by atoms with Crippen molar-refractivity contribution in [1.82, 2.24) is 0 Å². The van der Waals surface area contributed by atoms with E-state index >= 15 is 0 Å². The number of amides is 1. The fraction of sp³-hybridized carbons (Fsp3) is 0.300. The van der Waals surface area contributed by atoms with Crippen LogP contribution in [0.15, 0.2) is 48.5 Å². The van der Waals surface area contributed by atoms with Gasteiger partial charge in [-0.3, -0.25) is 4.79 Å². The van der Waals surface area contributed by atoms with Crippen LogP contribution >= 0.6 is 11.6 Å². The van der Waals surface area contributed by atoms with Gasteiger partial charge in [0.2, 0.25) is 0 Å². The molecule has 2 rings (SSSR count). The smallest absolute Gasteiger partial charge is 0.344 e. The Labute approximate surface area is 158 Å². The average Bonchev–Trinajstić information content (AvgIpc) is 2.66. The van der Waals surface area contributed by atoms with Crippen LogP contribution < -0.4 is 10.1 Å². The number of esters is 1. The van der Waals surface area contributed by atoms with Crippen molar-refractivity contribution < 1.29 is 19.1 Å². The normalized spacial score (nSPS) is 10.2. The van der Waals surface area contributed by atoms with E-state index in [0.29, 0.717) is 28.6 Å². The highest BCUT2D eigenvalue weighted by molar-refractivity contribution is 6.33. The molecule has 0 heterocycles. The van der Waals surface area contributed by atoms with E-state index in [-0.39, 0.29) is 12.5 Å². The molecular formula is C20H22ClNO4. The van der Waals surface area contributed by atoms with Crippen molar-refractivity contribution in [3.05, 3.63) is 59.1 Å². The van der Waals surface area contributed by atoms with Gasteiger partial charge in [0.1, 0.15) is 5.75 Å². The quantitative estimate of drug-likeness (QED) is 0.509. The van der Waals surface area contributed by atoms with Crippen molar-refractivity contribution in [1.29, 1.82) is 0 Å². The summed E-state index contributed by atoms with van der Waals surface area (Å²) < 4.78 is 10.4. The number of hydrogen-bond acceptors (Lipinski definition) is 4. The van der Waals surface area contributed by atoms with Gasteiger partial charge in [0, 0.05) is 5.56 Å². The average molecular weight is 376 g/mol. The Morgan fingerprint density at radius 2 is 1.77 bits per heavy atom. The van der Waals surface area contributed by atoms with Crippen LogP contribution in [0.1, 0.15) is 36.5 Å². The second-order valence-corrected chi connectivity index (χ2v) is 6.08. The topological polar surface area (TPSA) is 64.6 Å². The van der Waals surface area contributed by atoms with E-state index in [4.69, 9.17) is 21.1 Å². The molecule has 1 N–H and O–H groups in total. The first-order valence-electron chi connectivity index (χ1n) is 8.54. The summed E-state index contributed by atoms with van der Waals surface area (Å²) in [7, 11) is 0. The highest BCUT2D eigenvalue weighted by atomic mass is 35.5. The number of carbonyl (C=O) groups excluding carboxylic acids is 2. The number of anilines is 1. The van der Waals surface area contributed by atoms with Gasteiger partial charge in [-0.15, -0.1) is 0 Å². The molecular weight excluding hydrogens is 354 g/mol. The number of unbranched alkanes of at least 4 members (excludes halogenated alkanes) is 2. The van der Waals surface area contributed by atoms with Crippen molar-refractivity contribution >= 4 is 29.2 Å². The van der Waals surface area contributed by atoms with E-state index in [1.54, 1.807) is 48.5 Å². The highest BCUT2D eigenvalue weighted by Crippen LogP contribution is 2.21. The molecule has 2 aromatic carbocycles. The molecule has 138 valence electrons. The van der Waals surface area contributed by atoms with Crippen molar-refractivity contribution in [3.63, 3.8) is 0 Å². The molecule has 1 amide bonds. The van der Waals surface area contributed by atoms with Crippen molar-refractivity contribution in [2.75, 3.05) is 18.5 Å². The molecule has 0 radical (unpaired) electrons. The molecule has 0 saturated carbocycles. The van der Waals surface area contributed by atoms with Crippen LogP contribution in [-0.4, -0.2) is 25.1 Å². The maximum Gasteiger partial charge on any atom is 0.344 e. The zero-order valence-corrected chi connectivity index (χ0v) is 15.4. The number of halogens is 1. The molecule has 0 atom stereocenters. The Morgan fingerprint density at radius 1 is 1.04 bits per heavy atom. The van der Waals surface area contributed by atoms with Gasteiger partial charge in [0.15, 0.2) is 6.61 Å². The lowest BCUT2D eigenvalue weighted by Crippen LogP contribution is -2.16. The van der Waals surface area contributed by atoms with E-state index in [1.165, 1.54) is 0 Å². The summed E-state index contributed by atoms with van der Waals surface area (Å²) in [6.45, 7) is 2.35. The van der Waals surface area contributed by atoms with E-state index in [1.807, 2.05) is 0 Å². The molecule has 2 aromatic rings. The first-order valence-corrected chi connectivity index (χ1v) is 8.92. The lowest BCUT2D eigenvalue weighted by Gasteiger charge is -2.09. The fourth-order valence-electron chi connectivity index (χ4n) is 2.18. The third-order valence-corrected chi connectivity index (χ3v) is 3.94. The summed E-state index contributed by atoms with van der Waals surface area (Å²) in [5.74, 6) is -0.188. The van der Waals surface area contributed by atoms with Gasteiger partial charge in [0.05, 0.1) is 17.3 Å². The molecule has 0 aliphatic rings. The second-order valence-electron chi connectivity index (χ2n) is 5.67. The maximum absolute atomic E-state index is 12.2. The highest BCUT2D eigenvalue weighted by Gasteiger charge is 2.09. The minimum absolute atomic E-state index is 0.155. The van der Waals surface area contributed by atoms with Gasteiger partial charge < -0.3 is 14.8 Å². The van der Waals surface area contributed by atoms with E-state index in [0.717, 1.165) is 19.3 Å². The van der Waals surface area contributed by atoms with Crippen LogP contribution in [0.4, 0.5) is 5.69 Å². The number of para-hydroxylation sites is 1. The molecule has 0 aliphatic heterocycles. The number of hydrogen-bond donors (Lipinski definition) is 1. The summed E-state index contributed by atoms with van der Waals surface area (Å²) >= 11 is 6.03. The zero-order valence-electron chi connectivity index (χ0n) is 14.7.